The zero-order valence-electron chi connectivity index (χ0n) is 18.2. The molecule has 33 heavy (non-hydrogen) atoms. The van der Waals surface area contributed by atoms with Crippen LogP contribution in [0.4, 0.5) is 4.79 Å². The number of hydrogen-bond donors (Lipinski definition) is 1. The van der Waals surface area contributed by atoms with Crippen LogP contribution >= 0.6 is 11.8 Å². The van der Waals surface area contributed by atoms with Gasteiger partial charge < -0.3 is 19.2 Å². The van der Waals surface area contributed by atoms with Gasteiger partial charge in [-0.25, -0.2) is 4.98 Å². The van der Waals surface area contributed by atoms with Crippen LogP contribution in [0.3, 0.4) is 0 Å². The number of rotatable bonds is 10. The molecular weight excluding hydrogens is 440 g/mol. The molecular formula is C25H24N2O5S. The SMILES string of the molecule is COc1cc(CCCC2NC(=O)SC2=O)ccc1OCc1coc(C=Cc2ccccc2)n1. The number of benzene rings is 2. The van der Waals surface area contributed by atoms with Crippen molar-refractivity contribution >= 4 is 34.3 Å². The van der Waals surface area contributed by atoms with Crippen molar-refractivity contribution in [3.05, 3.63) is 77.5 Å². The van der Waals surface area contributed by atoms with Crippen molar-refractivity contribution in [3.8, 4) is 11.5 Å². The van der Waals surface area contributed by atoms with Crippen molar-refractivity contribution in [2.75, 3.05) is 7.11 Å². The first-order valence-corrected chi connectivity index (χ1v) is 11.4. The Bertz CT molecular complexity index is 1140. The van der Waals surface area contributed by atoms with E-state index in [4.69, 9.17) is 13.9 Å². The summed E-state index contributed by atoms with van der Waals surface area (Å²) < 4.78 is 16.9. The molecule has 0 aliphatic carbocycles. The Balaban J connectivity index is 1.29. The van der Waals surface area contributed by atoms with E-state index in [0.717, 1.165) is 35.7 Å². The molecule has 2 heterocycles. The van der Waals surface area contributed by atoms with Crippen molar-refractivity contribution in [1.82, 2.24) is 10.3 Å². The molecule has 0 saturated carbocycles. The van der Waals surface area contributed by atoms with Gasteiger partial charge in [0.25, 0.3) is 5.24 Å². The molecule has 1 aliphatic rings. The molecule has 1 saturated heterocycles. The lowest BCUT2D eigenvalue weighted by Crippen LogP contribution is -2.28. The number of thioether (sulfide) groups is 1. The summed E-state index contributed by atoms with van der Waals surface area (Å²) in [5.74, 6) is 1.75. The van der Waals surface area contributed by atoms with Gasteiger partial charge in [-0.15, -0.1) is 0 Å². The minimum absolute atomic E-state index is 0.104. The fourth-order valence-corrected chi connectivity index (χ4v) is 4.13. The van der Waals surface area contributed by atoms with Gasteiger partial charge in [0.2, 0.25) is 11.0 Å². The molecule has 2 aromatic carbocycles. The van der Waals surface area contributed by atoms with Crippen LogP contribution in [-0.4, -0.2) is 28.5 Å². The van der Waals surface area contributed by atoms with Crippen LogP contribution < -0.4 is 14.8 Å². The lowest BCUT2D eigenvalue weighted by atomic mass is 10.0. The van der Waals surface area contributed by atoms with Gasteiger partial charge >= 0.3 is 0 Å². The summed E-state index contributed by atoms with van der Waals surface area (Å²) in [5, 5.41) is 2.32. The Morgan fingerprint density at radius 1 is 1.12 bits per heavy atom. The second kappa shape index (κ2) is 10.9. The molecule has 1 aromatic heterocycles. The van der Waals surface area contributed by atoms with Gasteiger partial charge in [-0.05, 0) is 48.6 Å². The van der Waals surface area contributed by atoms with E-state index in [2.05, 4.69) is 10.3 Å². The van der Waals surface area contributed by atoms with Crippen LogP contribution in [0.2, 0.25) is 0 Å². The first-order chi connectivity index (χ1) is 16.1. The molecule has 4 rings (SSSR count). The fourth-order valence-electron chi connectivity index (χ4n) is 3.43. The number of hydrogen-bond acceptors (Lipinski definition) is 7. The lowest BCUT2D eigenvalue weighted by Gasteiger charge is -2.12. The average molecular weight is 465 g/mol. The third-order valence-electron chi connectivity index (χ3n) is 5.12. The van der Waals surface area contributed by atoms with Crippen LogP contribution in [0.5, 0.6) is 11.5 Å². The van der Waals surface area contributed by atoms with E-state index in [1.807, 2.05) is 60.7 Å². The molecule has 1 atom stereocenters. The molecule has 3 aromatic rings. The number of oxazole rings is 1. The average Bonchev–Trinajstić information content (AvgIpc) is 3.42. The predicted octanol–water partition coefficient (Wildman–Crippen LogP) is 5.11. The molecule has 170 valence electrons. The van der Waals surface area contributed by atoms with Gasteiger partial charge in [-0.3, -0.25) is 9.59 Å². The zero-order chi connectivity index (χ0) is 23.0. The second-order valence-electron chi connectivity index (χ2n) is 7.49. The summed E-state index contributed by atoms with van der Waals surface area (Å²) in [6.45, 7) is 0.250. The predicted molar refractivity (Wildman–Crippen MR) is 127 cm³/mol. The number of nitrogens with one attached hydrogen (secondary N) is 1. The van der Waals surface area contributed by atoms with Crippen molar-refractivity contribution in [2.45, 2.75) is 31.9 Å². The van der Waals surface area contributed by atoms with E-state index in [0.29, 0.717) is 29.5 Å². The van der Waals surface area contributed by atoms with Gasteiger partial charge in [0.05, 0.1) is 13.2 Å². The third-order valence-corrected chi connectivity index (χ3v) is 5.91. The van der Waals surface area contributed by atoms with Gasteiger partial charge in [0, 0.05) is 17.8 Å². The van der Waals surface area contributed by atoms with Gasteiger partial charge in [-0.1, -0.05) is 36.4 Å². The highest BCUT2D eigenvalue weighted by atomic mass is 32.2. The Labute approximate surface area is 196 Å². The standard InChI is InChI=1S/C25H24N2O5S/c1-30-22-14-18(8-5-9-20-24(28)33-25(29)27-20)10-12-21(22)31-15-19-16-32-23(26-19)13-11-17-6-3-2-4-7-17/h2-4,6-7,10-14,16,20H,5,8-9,15H2,1H3,(H,27,29). The summed E-state index contributed by atoms with van der Waals surface area (Å²) in [6.07, 6.45) is 7.49. The first-order valence-electron chi connectivity index (χ1n) is 10.6. The highest BCUT2D eigenvalue weighted by molar-refractivity contribution is 8.26. The first kappa shape index (κ1) is 22.7. The summed E-state index contributed by atoms with van der Waals surface area (Å²) in [4.78, 5) is 27.4. The zero-order valence-corrected chi connectivity index (χ0v) is 19.0. The number of methoxy groups -OCH3 is 1. The molecule has 0 radical (unpaired) electrons. The number of aromatic nitrogens is 1. The number of amides is 1. The topological polar surface area (TPSA) is 90.7 Å². The summed E-state index contributed by atoms with van der Waals surface area (Å²) >= 11 is 0.748. The maximum Gasteiger partial charge on any atom is 0.287 e. The minimum Gasteiger partial charge on any atom is -0.493 e. The van der Waals surface area contributed by atoms with E-state index >= 15 is 0 Å². The second-order valence-corrected chi connectivity index (χ2v) is 8.47. The van der Waals surface area contributed by atoms with E-state index in [1.54, 1.807) is 13.4 Å². The fraction of sp³-hybridized carbons (Fsp3) is 0.240. The van der Waals surface area contributed by atoms with E-state index in [9.17, 15) is 9.59 Å². The number of carbonyl (C=O) groups excluding carboxylic acids is 2. The van der Waals surface area contributed by atoms with E-state index in [-0.39, 0.29) is 23.0 Å². The molecule has 0 bridgehead atoms. The Morgan fingerprint density at radius 3 is 2.73 bits per heavy atom. The number of nitrogens with zero attached hydrogens (tertiary/aromatic N) is 1. The van der Waals surface area contributed by atoms with Crippen LogP contribution in [0.25, 0.3) is 12.2 Å². The Kier molecular flexibility index (Phi) is 7.47. The molecule has 1 amide bonds. The third kappa shape index (κ3) is 6.26. The van der Waals surface area contributed by atoms with E-state index in [1.165, 1.54) is 0 Å². The molecule has 1 aliphatic heterocycles. The number of ether oxygens (including phenoxy) is 2. The number of aryl methyl sites for hydroxylation is 1. The molecule has 8 heteroatoms. The maximum absolute atomic E-state index is 11.7. The smallest absolute Gasteiger partial charge is 0.287 e. The maximum atomic E-state index is 11.7. The Hall–Kier alpha value is -3.52. The van der Waals surface area contributed by atoms with E-state index < -0.39 is 0 Å². The molecule has 0 spiro atoms. The normalized spacial score (nSPS) is 15.7. The van der Waals surface area contributed by atoms with Crippen LogP contribution in [-0.2, 0) is 17.8 Å². The van der Waals surface area contributed by atoms with Crippen LogP contribution in [0.15, 0.2) is 59.2 Å². The van der Waals surface area contributed by atoms with Crippen molar-refractivity contribution in [2.24, 2.45) is 0 Å². The van der Waals surface area contributed by atoms with Gasteiger partial charge in [-0.2, -0.15) is 0 Å². The van der Waals surface area contributed by atoms with Gasteiger partial charge in [0.1, 0.15) is 18.6 Å². The van der Waals surface area contributed by atoms with Crippen LogP contribution in [0, 0.1) is 0 Å². The Morgan fingerprint density at radius 2 is 1.97 bits per heavy atom. The lowest BCUT2D eigenvalue weighted by molar-refractivity contribution is -0.112. The van der Waals surface area contributed by atoms with Crippen LogP contribution in [0.1, 0.15) is 35.6 Å². The molecule has 1 unspecified atom stereocenters. The van der Waals surface area contributed by atoms with Crippen molar-refractivity contribution in [3.63, 3.8) is 0 Å². The molecule has 7 nitrogen and oxygen atoms in total. The van der Waals surface area contributed by atoms with Crippen molar-refractivity contribution in [1.29, 1.82) is 0 Å². The largest absolute Gasteiger partial charge is 0.493 e. The highest BCUT2D eigenvalue weighted by Gasteiger charge is 2.30. The number of carbonyl (C=O) groups is 2. The van der Waals surface area contributed by atoms with Crippen molar-refractivity contribution < 1.29 is 23.5 Å². The monoisotopic (exact) mass is 464 g/mol. The summed E-state index contributed by atoms with van der Waals surface area (Å²) in [5.41, 5.74) is 2.81. The minimum atomic E-state index is -0.387. The van der Waals surface area contributed by atoms with Gasteiger partial charge in [0.15, 0.2) is 11.5 Å². The quantitative estimate of drug-likeness (QED) is 0.446. The highest BCUT2D eigenvalue weighted by Crippen LogP contribution is 2.30. The molecule has 1 N–H and O–H groups in total. The summed E-state index contributed by atoms with van der Waals surface area (Å²) in [7, 11) is 1.60. The summed E-state index contributed by atoms with van der Waals surface area (Å²) in [6, 6.07) is 15.3. The molecule has 1 fully saturated rings.